The Bertz CT molecular complexity index is 1280. The number of anilines is 1. The average Bonchev–Trinajstić information content (AvgIpc) is 2.92. The standard InChI is InChI=1S/C31H41N5O5/c1-21(37)33-19-22(34-30(40)41-31(2,3)4)20-36-17-15-35(16-18-36)14-8-13-32-26-12-7-11-25-27(26)29(39)24-10-6-5-9-23(24)28(25)38/h5-7,9-12,22,32H,8,13-20H2,1-4H3,(H,33,37)(H,34,40). The minimum absolute atomic E-state index is 0.114. The molecule has 1 atom stereocenters. The molecule has 10 nitrogen and oxygen atoms in total. The van der Waals surface area contributed by atoms with E-state index in [1.54, 1.807) is 30.3 Å². The Kier molecular flexibility index (Phi) is 9.77. The number of fused-ring (bicyclic) bond motifs is 2. The molecule has 2 aromatic carbocycles. The Balaban J connectivity index is 1.23. The van der Waals surface area contributed by atoms with Gasteiger partial charge in [0.2, 0.25) is 5.91 Å². The number of alkyl carbamates (subject to hydrolysis) is 1. The van der Waals surface area contributed by atoms with E-state index in [0.717, 1.165) is 39.1 Å². The number of hydrogen-bond acceptors (Lipinski definition) is 8. The van der Waals surface area contributed by atoms with Gasteiger partial charge in [0.1, 0.15) is 5.60 Å². The molecule has 0 radical (unpaired) electrons. The van der Waals surface area contributed by atoms with E-state index in [4.69, 9.17) is 4.74 Å². The number of carbonyl (C=O) groups is 4. The van der Waals surface area contributed by atoms with Crippen LogP contribution in [0.5, 0.6) is 0 Å². The molecule has 0 bridgehead atoms. The lowest BCUT2D eigenvalue weighted by Crippen LogP contribution is -2.54. The minimum Gasteiger partial charge on any atom is -0.444 e. The van der Waals surface area contributed by atoms with Gasteiger partial charge >= 0.3 is 6.09 Å². The van der Waals surface area contributed by atoms with Gasteiger partial charge in [-0.05, 0) is 39.8 Å². The number of rotatable bonds is 10. The molecule has 1 heterocycles. The highest BCUT2D eigenvalue weighted by atomic mass is 16.6. The molecular formula is C31H41N5O5. The first-order valence-corrected chi connectivity index (χ1v) is 14.3. The molecular weight excluding hydrogens is 522 g/mol. The van der Waals surface area contributed by atoms with Crippen LogP contribution < -0.4 is 16.0 Å². The zero-order valence-electron chi connectivity index (χ0n) is 24.4. The van der Waals surface area contributed by atoms with Crippen molar-refractivity contribution in [1.29, 1.82) is 0 Å². The lowest BCUT2D eigenvalue weighted by atomic mass is 9.83. The summed E-state index contributed by atoms with van der Waals surface area (Å²) in [6.07, 6.45) is 0.391. The molecule has 1 saturated heterocycles. The summed E-state index contributed by atoms with van der Waals surface area (Å²) in [5, 5.41) is 9.08. The summed E-state index contributed by atoms with van der Waals surface area (Å²) in [7, 11) is 0. The smallest absolute Gasteiger partial charge is 0.407 e. The number of nitrogens with zero attached hydrogens (tertiary/aromatic N) is 2. The maximum atomic E-state index is 13.2. The summed E-state index contributed by atoms with van der Waals surface area (Å²) in [6, 6.07) is 12.1. The molecule has 1 fully saturated rings. The van der Waals surface area contributed by atoms with E-state index in [1.807, 2.05) is 32.9 Å². The van der Waals surface area contributed by atoms with Crippen LogP contribution in [0.4, 0.5) is 10.5 Å². The molecule has 1 unspecified atom stereocenters. The van der Waals surface area contributed by atoms with Gasteiger partial charge in [0, 0.05) is 75.1 Å². The number of amides is 2. The molecule has 4 rings (SSSR count). The van der Waals surface area contributed by atoms with Crippen LogP contribution in [-0.4, -0.2) is 97.4 Å². The predicted octanol–water partition coefficient (Wildman–Crippen LogP) is 2.91. The van der Waals surface area contributed by atoms with Gasteiger partial charge in [0.25, 0.3) is 0 Å². The van der Waals surface area contributed by atoms with Gasteiger partial charge in [-0.1, -0.05) is 36.4 Å². The Morgan fingerprint density at radius 1 is 0.902 bits per heavy atom. The normalized spacial score (nSPS) is 16.4. The van der Waals surface area contributed by atoms with E-state index in [2.05, 4.69) is 25.8 Å². The topological polar surface area (TPSA) is 120 Å². The van der Waals surface area contributed by atoms with Gasteiger partial charge in [-0.15, -0.1) is 0 Å². The van der Waals surface area contributed by atoms with Crippen molar-refractivity contribution in [3.8, 4) is 0 Å². The van der Waals surface area contributed by atoms with Crippen LogP contribution in [0.15, 0.2) is 42.5 Å². The molecule has 0 aromatic heterocycles. The summed E-state index contributed by atoms with van der Waals surface area (Å²) < 4.78 is 5.39. The second-order valence-corrected chi connectivity index (χ2v) is 11.6. The first-order chi connectivity index (χ1) is 19.5. The lowest BCUT2D eigenvalue weighted by molar-refractivity contribution is -0.119. The predicted molar refractivity (Wildman–Crippen MR) is 158 cm³/mol. The van der Waals surface area contributed by atoms with E-state index < -0.39 is 11.7 Å². The number of benzene rings is 2. The highest BCUT2D eigenvalue weighted by Gasteiger charge is 2.31. The summed E-state index contributed by atoms with van der Waals surface area (Å²) in [6.45, 7) is 12.9. The van der Waals surface area contributed by atoms with Gasteiger partial charge < -0.3 is 25.6 Å². The SMILES string of the molecule is CC(=O)NCC(CN1CCN(CCCNc2cccc3c2C(=O)c2ccccc2C3=O)CC1)NC(=O)OC(C)(C)C. The van der Waals surface area contributed by atoms with Gasteiger partial charge in [-0.3, -0.25) is 19.3 Å². The number of nitrogens with one attached hydrogen (secondary N) is 3. The van der Waals surface area contributed by atoms with Crippen LogP contribution in [0.25, 0.3) is 0 Å². The third-order valence-corrected chi connectivity index (χ3v) is 7.18. The van der Waals surface area contributed by atoms with Crippen LogP contribution >= 0.6 is 0 Å². The van der Waals surface area contributed by atoms with Crippen molar-refractivity contribution in [2.45, 2.75) is 45.8 Å². The zero-order chi connectivity index (χ0) is 29.6. The van der Waals surface area contributed by atoms with Crippen molar-refractivity contribution in [2.24, 2.45) is 0 Å². The van der Waals surface area contributed by atoms with E-state index in [0.29, 0.717) is 47.6 Å². The third kappa shape index (κ3) is 8.14. The first kappa shape index (κ1) is 30.2. The second kappa shape index (κ2) is 13.3. The monoisotopic (exact) mass is 563 g/mol. The highest BCUT2D eigenvalue weighted by molar-refractivity contribution is 6.30. The molecule has 1 aliphatic carbocycles. The molecule has 2 aliphatic rings. The van der Waals surface area contributed by atoms with Crippen molar-refractivity contribution in [1.82, 2.24) is 20.4 Å². The molecule has 2 amide bonds. The van der Waals surface area contributed by atoms with Crippen LogP contribution in [0.3, 0.4) is 0 Å². The lowest BCUT2D eigenvalue weighted by Gasteiger charge is -2.36. The fourth-order valence-electron chi connectivity index (χ4n) is 5.23. The molecule has 10 heteroatoms. The van der Waals surface area contributed by atoms with Gasteiger partial charge in [0.05, 0.1) is 11.6 Å². The molecule has 2 aromatic rings. The zero-order valence-corrected chi connectivity index (χ0v) is 24.4. The summed E-state index contributed by atoms with van der Waals surface area (Å²) in [4.78, 5) is 54.6. The van der Waals surface area contributed by atoms with E-state index in [9.17, 15) is 19.2 Å². The molecule has 41 heavy (non-hydrogen) atoms. The van der Waals surface area contributed by atoms with Crippen LogP contribution in [-0.2, 0) is 9.53 Å². The number of ether oxygens (including phenoxy) is 1. The average molecular weight is 564 g/mol. The van der Waals surface area contributed by atoms with Crippen LogP contribution in [0.1, 0.15) is 66.0 Å². The fraction of sp³-hybridized carbons (Fsp3) is 0.484. The van der Waals surface area contributed by atoms with Gasteiger partial charge in [-0.2, -0.15) is 0 Å². The summed E-state index contributed by atoms with van der Waals surface area (Å²) >= 11 is 0. The van der Waals surface area contributed by atoms with Crippen molar-refractivity contribution in [3.05, 3.63) is 64.7 Å². The maximum Gasteiger partial charge on any atom is 0.407 e. The van der Waals surface area contributed by atoms with Crippen molar-refractivity contribution in [2.75, 3.05) is 57.7 Å². The van der Waals surface area contributed by atoms with Crippen LogP contribution in [0.2, 0.25) is 0 Å². The van der Waals surface area contributed by atoms with Gasteiger partial charge in [-0.25, -0.2) is 4.79 Å². The van der Waals surface area contributed by atoms with Crippen LogP contribution in [0, 0.1) is 0 Å². The first-order valence-electron chi connectivity index (χ1n) is 14.3. The number of hydrogen-bond donors (Lipinski definition) is 3. The molecule has 1 aliphatic heterocycles. The molecule has 0 saturated carbocycles. The Hall–Kier alpha value is -3.76. The minimum atomic E-state index is -0.596. The molecule has 220 valence electrons. The highest BCUT2D eigenvalue weighted by Crippen LogP contribution is 2.31. The van der Waals surface area contributed by atoms with Crippen molar-refractivity contribution < 1.29 is 23.9 Å². The summed E-state index contributed by atoms with van der Waals surface area (Å²) in [5.41, 5.74) is 1.93. The van der Waals surface area contributed by atoms with Crippen molar-refractivity contribution in [3.63, 3.8) is 0 Å². The quantitative estimate of drug-likeness (QED) is 0.322. The molecule has 3 N–H and O–H groups in total. The number of piperazine rings is 1. The number of ketones is 2. The Labute approximate surface area is 241 Å². The largest absolute Gasteiger partial charge is 0.444 e. The van der Waals surface area contributed by atoms with Crippen molar-refractivity contribution >= 4 is 29.3 Å². The van der Waals surface area contributed by atoms with Gasteiger partial charge in [0.15, 0.2) is 11.6 Å². The van der Waals surface area contributed by atoms with E-state index in [-0.39, 0.29) is 23.5 Å². The molecule has 0 spiro atoms. The fourth-order valence-corrected chi connectivity index (χ4v) is 5.23. The maximum absolute atomic E-state index is 13.2. The van der Waals surface area contributed by atoms with E-state index in [1.165, 1.54) is 6.92 Å². The Morgan fingerprint density at radius 2 is 1.54 bits per heavy atom. The third-order valence-electron chi connectivity index (χ3n) is 7.18. The Morgan fingerprint density at radius 3 is 2.20 bits per heavy atom. The van der Waals surface area contributed by atoms with E-state index >= 15 is 0 Å². The second-order valence-electron chi connectivity index (χ2n) is 11.6. The number of carbonyl (C=O) groups excluding carboxylic acids is 4. The summed E-state index contributed by atoms with van der Waals surface area (Å²) in [5.74, 6) is -0.374.